The van der Waals surface area contributed by atoms with Crippen molar-refractivity contribution in [1.29, 1.82) is 0 Å². The van der Waals surface area contributed by atoms with Gasteiger partial charge in [0.15, 0.2) is 0 Å². The molecule has 5 rings (SSSR count). The van der Waals surface area contributed by atoms with Gasteiger partial charge in [-0.05, 0) is 75.8 Å². The molecule has 0 aromatic heterocycles. The van der Waals surface area contributed by atoms with Gasteiger partial charge in [-0.1, -0.05) is 88.4 Å². The minimum atomic E-state index is -0.749. The van der Waals surface area contributed by atoms with Crippen LogP contribution >= 0.6 is 0 Å². The van der Waals surface area contributed by atoms with E-state index in [0.29, 0.717) is 5.56 Å². The monoisotopic (exact) mass is 505 g/mol. The van der Waals surface area contributed by atoms with E-state index in [-0.39, 0.29) is 10.6 Å². The van der Waals surface area contributed by atoms with Crippen molar-refractivity contribution < 1.29 is 4.92 Å². The summed E-state index contributed by atoms with van der Waals surface area (Å²) in [5.74, 6) is 0. The molecule has 0 fully saturated rings. The van der Waals surface area contributed by atoms with E-state index in [1.807, 2.05) is 24.3 Å². The van der Waals surface area contributed by atoms with E-state index in [1.54, 1.807) is 6.07 Å². The van der Waals surface area contributed by atoms with Gasteiger partial charge in [0.2, 0.25) is 0 Å². The molecule has 5 heteroatoms. The van der Waals surface area contributed by atoms with Gasteiger partial charge in [-0.2, -0.15) is 0 Å². The van der Waals surface area contributed by atoms with Crippen LogP contribution in [-0.4, -0.2) is 4.92 Å². The SMILES string of the molecule is CCc1cc(C2(c3cc(CC)c(N)c(CC)c3)c3ccccc3-c3c([N+](=O)[O-])cccc32)cc(CC)c1N. The number of aryl methyl sites for hydroxylation is 4. The number of nitro benzene ring substituents is 1. The number of anilines is 2. The summed E-state index contributed by atoms with van der Waals surface area (Å²) in [5, 5.41) is 12.3. The Hall–Kier alpha value is -4.12. The highest BCUT2D eigenvalue weighted by atomic mass is 16.6. The number of nitro groups is 1. The summed E-state index contributed by atoms with van der Waals surface area (Å²) in [6.07, 6.45) is 3.20. The molecule has 1 aliphatic rings. The standard InChI is InChI=1S/C33H35N3O2/c1-5-20-16-24(17-21(6-2)31(20)34)33(25-18-22(7-3)32(35)23(8-4)19-25)27-13-10-9-12-26(27)30-28(33)14-11-15-29(30)36(37)38/h9-19H,5-8,34-35H2,1-4H3. The second-order valence-corrected chi connectivity index (χ2v) is 10.1. The Kier molecular flexibility index (Phi) is 6.47. The van der Waals surface area contributed by atoms with Crippen LogP contribution in [0.1, 0.15) is 72.2 Å². The van der Waals surface area contributed by atoms with E-state index in [9.17, 15) is 10.1 Å². The zero-order valence-corrected chi connectivity index (χ0v) is 22.6. The van der Waals surface area contributed by atoms with Crippen LogP contribution in [0.3, 0.4) is 0 Å². The van der Waals surface area contributed by atoms with Crippen LogP contribution in [0.4, 0.5) is 17.1 Å². The topological polar surface area (TPSA) is 95.2 Å². The number of benzene rings is 4. The third-order valence-corrected chi connectivity index (χ3v) is 8.34. The Morgan fingerprint density at radius 1 is 0.684 bits per heavy atom. The second kappa shape index (κ2) is 9.64. The normalized spacial score (nSPS) is 13.3. The molecule has 0 saturated heterocycles. The van der Waals surface area contributed by atoms with Gasteiger partial charge in [0, 0.05) is 17.4 Å². The number of fused-ring (bicyclic) bond motifs is 3. The smallest absolute Gasteiger partial charge is 0.277 e. The molecule has 0 radical (unpaired) electrons. The van der Waals surface area contributed by atoms with E-state index in [4.69, 9.17) is 11.5 Å². The lowest BCUT2D eigenvalue weighted by atomic mass is 9.66. The van der Waals surface area contributed by atoms with Crippen molar-refractivity contribution >= 4 is 17.1 Å². The van der Waals surface area contributed by atoms with Gasteiger partial charge < -0.3 is 11.5 Å². The van der Waals surface area contributed by atoms with Gasteiger partial charge in [-0.15, -0.1) is 0 Å². The molecule has 4 aromatic carbocycles. The molecular formula is C33H35N3O2. The molecule has 0 atom stereocenters. The molecular weight excluding hydrogens is 470 g/mol. The maximum atomic E-state index is 12.3. The largest absolute Gasteiger partial charge is 0.398 e. The van der Waals surface area contributed by atoms with E-state index in [1.165, 1.54) is 0 Å². The van der Waals surface area contributed by atoms with E-state index in [0.717, 1.165) is 87.1 Å². The lowest BCUT2D eigenvalue weighted by Gasteiger charge is -2.36. The molecule has 194 valence electrons. The third-order valence-electron chi connectivity index (χ3n) is 8.34. The van der Waals surface area contributed by atoms with Gasteiger partial charge in [0.1, 0.15) is 0 Å². The highest BCUT2D eigenvalue weighted by molar-refractivity contribution is 5.91. The van der Waals surface area contributed by atoms with Crippen molar-refractivity contribution in [3.8, 4) is 11.1 Å². The number of hydrogen-bond donors (Lipinski definition) is 2. The Morgan fingerprint density at radius 2 is 1.13 bits per heavy atom. The van der Waals surface area contributed by atoms with Crippen LogP contribution < -0.4 is 11.5 Å². The number of rotatable bonds is 7. The zero-order chi connectivity index (χ0) is 27.2. The summed E-state index contributed by atoms with van der Waals surface area (Å²) in [4.78, 5) is 12.1. The highest BCUT2D eigenvalue weighted by Crippen LogP contribution is 2.59. The summed E-state index contributed by atoms with van der Waals surface area (Å²) in [6.45, 7) is 8.49. The molecule has 0 saturated carbocycles. The van der Waals surface area contributed by atoms with Crippen LogP contribution in [0.5, 0.6) is 0 Å². The van der Waals surface area contributed by atoms with E-state index < -0.39 is 5.41 Å². The average Bonchev–Trinajstić information content (AvgIpc) is 3.24. The fraction of sp³-hybridized carbons (Fsp3) is 0.273. The lowest BCUT2D eigenvalue weighted by Crippen LogP contribution is -2.30. The number of nitrogens with two attached hydrogens (primary N) is 2. The Balaban J connectivity index is 2.04. The van der Waals surface area contributed by atoms with Crippen LogP contribution in [-0.2, 0) is 31.1 Å². The predicted molar refractivity (Wildman–Crippen MR) is 157 cm³/mol. The molecule has 38 heavy (non-hydrogen) atoms. The van der Waals surface area contributed by atoms with Crippen LogP contribution in [0.2, 0.25) is 0 Å². The van der Waals surface area contributed by atoms with Gasteiger partial charge in [-0.25, -0.2) is 0 Å². The summed E-state index contributed by atoms with van der Waals surface area (Å²) in [5.41, 5.74) is 24.4. The predicted octanol–water partition coefficient (Wildman–Crippen LogP) is 7.37. The molecule has 5 nitrogen and oxygen atoms in total. The summed E-state index contributed by atoms with van der Waals surface area (Å²) in [6, 6.07) is 22.5. The molecule has 0 heterocycles. The first-order valence-electron chi connectivity index (χ1n) is 13.5. The minimum absolute atomic E-state index is 0.126. The average molecular weight is 506 g/mol. The quantitative estimate of drug-likeness (QED) is 0.137. The van der Waals surface area contributed by atoms with Crippen molar-refractivity contribution in [3.05, 3.63) is 121 Å². The minimum Gasteiger partial charge on any atom is -0.398 e. The molecule has 0 spiro atoms. The molecule has 4 aromatic rings. The number of nitrogen functional groups attached to an aromatic ring is 2. The highest BCUT2D eigenvalue weighted by Gasteiger charge is 2.49. The zero-order valence-electron chi connectivity index (χ0n) is 22.6. The fourth-order valence-corrected chi connectivity index (χ4v) is 6.41. The van der Waals surface area contributed by atoms with Crippen molar-refractivity contribution in [2.75, 3.05) is 11.5 Å². The van der Waals surface area contributed by atoms with Crippen LogP contribution in [0.15, 0.2) is 66.7 Å². The Labute approximate surface area is 224 Å². The molecule has 0 aliphatic heterocycles. The van der Waals surface area contributed by atoms with Gasteiger partial charge in [-0.3, -0.25) is 10.1 Å². The first kappa shape index (κ1) is 25.5. The maximum Gasteiger partial charge on any atom is 0.277 e. The molecule has 0 bridgehead atoms. The van der Waals surface area contributed by atoms with Crippen LogP contribution in [0.25, 0.3) is 11.1 Å². The maximum absolute atomic E-state index is 12.3. The Morgan fingerprint density at radius 3 is 1.58 bits per heavy atom. The summed E-state index contributed by atoms with van der Waals surface area (Å²) >= 11 is 0. The summed E-state index contributed by atoms with van der Waals surface area (Å²) in [7, 11) is 0. The molecule has 1 aliphatic carbocycles. The van der Waals surface area contributed by atoms with Gasteiger partial charge in [0.05, 0.1) is 15.9 Å². The van der Waals surface area contributed by atoms with Crippen molar-refractivity contribution in [2.24, 2.45) is 0 Å². The van der Waals surface area contributed by atoms with Crippen molar-refractivity contribution in [3.63, 3.8) is 0 Å². The van der Waals surface area contributed by atoms with Gasteiger partial charge >= 0.3 is 0 Å². The lowest BCUT2D eigenvalue weighted by molar-refractivity contribution is -0.384. The fourth-order valence-electron chi connectivity index (χ4n) is 6.41. The Bertz CT molecular complexity index is 1460. The first-order chi connectivity index (χ1) is 18.3. The molecule has 0 unspecified atom stereocenters. The van der Waals surface area contributed by atoms with Crippen molar-refractivity contribution in [1.82, 2.24) is 0 Å². The number of hydrogen-bond acceptors (Lipinski definition) is 4. The molecule has 4 N–H and O–H groups in total. The molecule has 0 amide bonds. The summed E-state index contributed by atoms with van der Waals surface area (Å²) < 4.78 is 0. The number of nitrogens with zero attached hydrogens (tertiary/aromatic N) is 1. The van der Waals surface area contributed by atoms with Crippen molar-refractivity contribution in [2.45, 2.75) is 58.8 Å². The van der Waals surface area contributed by atoms with Crippen LogP contribution in [0, 0.1) is 10.1 Å². The third kappa shape index (κ3) is 3.52. The van der Waals surface area contributed by atoms with Gasteiger partial charge in [0.25, 0.3) is 5.69 Å². The first-order valence-corrected chi connectivity index (χ1v) is 13.5. The van der Waals surface area contributed by atoms with E-state index >= 15 is 0 Å². The second-order valence-electron chi connectivity index (χ2n) is 10.1. The van der Waals surface area contributed by atoms with E-state index in [2.05, 4.69) is 64.1 Å².